The van der Waals surface area contributed by atoms with E-state index in [4.69, 9.17) is 0 Å². The van der Waals surface area contributed by atoms with E-state index in [1.165, 1.54) is 11.3 Å². The zero-order chi connectivity index (χ0) is 14.5. The van der Waals surface area contributed by atoms with Gasteiger partial charge in [0.1, 0.15) is 0 Å². The van der Waals surface area contributed by atoms with Crippen LogP contribution in [0, 0.1) is 0 Å². The number of nitrogens with one attached hydrogen (secondary N) is 1. The van der Waals surface area contributed by atoms with Crippen LogP contribution in [0.3, 0.4) is 0 Å². The Balaban J connectivity index is 1.99. The van der Waals surface area contributed by atoms with Crippen LogP contribution in [0.5, 0.6) is 0 Å². The summed E-state index contributed by atoms with van der Waals surface area (Å²) >= 11 is 4.90. The molecule has 0 saturated carbocycles. The Labute approximate surface area is 131 Å². The maximum absolute atomic E-state index is 11.5. The van der Waals surface area contributed by atoms with Crippen LogP contribution in [-0.4, -0.2) is 17.4 Å². The van der Waals surface area contributed by atoms with E-state index in [1.54, 1.807) is 11.8 Å². The highest BCUT2D eigenvalue weighted by Gasteiger charge is 2.13. The van der Waals surface area contributed by atoms with Gasteiger partial charge in [-0.2, -0.15) is 0 Å². The summed E-state index contributed by atoms with van der Waals surface area (Å²) in [5.41, 5.74) is 1.98. The Bertz CT molecular complexity index is 582. The molecule has 0 aliphatic carbocycles. The number of rotatable bonds is 5. The summed E-state index contributed by atoms with van der Waals surface area (Å²) in [5.74, 6) is 0.0225. The summed E-state index contributed by atoms with van der Waals surface area (Å²) in [6, 6.07) is 7.99. The third kappa shape index (κ3) is 3.80. The maximum Gasteiger partial charge on any atom is 0.225 e. The first-order valence-corrected chi connectivity index (χ1v) is 7.99. The van der Waals surface area contributed by atoms with Gasteiger partial charge in [0.25, 0.3) is 0 Å². The van der Waals surface area contributed by atoms with Crippen molar-refractivity contribution in [3.05, 3.63) is 39.8 Å². The predicted molar refractivity (Wildman–Crippen MR) is 87.3 cm³/mol. The average Bonchev–Trinajstić information content (AvgIpc) is 2.87. The van der Waals surface area contributed by atoms with Crippen molar-refractivity contribution < 1.29 is 4.79 Å². The third-order valence-electron chi connectivity index (χ3n) is 2.78. The molecule has 4 nitrogen and oxygen atoms in total. The summed E-state index contributed by atoms with van der Waals surface area (Å²) in [6.07, 6.45) is 0. The lowest BCUT2D eigenvalue weighted by Crippen LogP contribution is -2.27. The normalized spacial score (nSPS) is 10.3. The van der Waals surface area contributed by atoms with Gasteiger partial charge < -0.3 is 5.32 Å². The lowest BCUT2D eigenvalue weighted by atomic mass is 10.3. The first-order chi connectivity index (χ1) is 9.60. The van der Waals surface area contributed by atoms with Gasteiger partial charge >= 0.3 is 0 Å². The van der Waals surface area contributed by atoms with E-state index in [2.05, 4.69) is 26.2 Å². The van der Waals surface area contributed by atoms with Crippen LogP contribution in [-0.2, 0) is 11.3 Å². The van der Waals surface area contributed by atoms with Crippen molar-refractivity contribution in [1.82, 2.24) is 4.98 Å². The molecule has 2 rings (SSSR count). The Morgan fingerprint density at radius 2 is 2.10 bits per heavy atom. The van der Waals surface area contributed by atoms with Crippen LogP contribution in [0.15, 0.2) is 34.1 Å². The standard InChI is InChI=1S/C14H16BrN3OS/c1-3-18(10(2)19)14-17-13(9-20-14)8-16-12-6-4-11(15)5-7-12/h4-7,9,16H,3,8H2,1-2H3. The number of benzene rings is 1. The number of hydrogen-bond donors (Lipinski definition) is 1. The second kappa shape index (κ2) is 6.85. The molecule has 0 bridgehead atoms. The van der Waals surface area contributed by atoms with E-state index >= 15 is 0 Å². The van der Waals surface area contributed by atoms with Crippen LogP contribution in [0.1, 0.15) is 19.5 Å². The number of aromatic nitrogens is 1. The predicted octanol–water partition coefficient (Wildman–Crippen LogP) is 3.89. The van der Waals surface area contributed by atoms with Crippen molar-refractivity contribution in [2.45, 2.75) is 20.4 Å². The Kier molecular flexibility index (Phi) is 5.14. The Hall–Kier alpha value is -1.40. The molecule has 1 heterocycles. The number of thiazole rings is 1. The van der Waals surface area contributed by atoms with Crippen LogP contribution >= 0.6 is 27.3 Å². The van der Waals surface area contributed by atoms with E-state index in [0.29, 0.717) is 13.1 Å². The van der Waals surface area contributed by atoms with Crippen LogP contribution in [0.4, 0.5) is 10.8 Å². The number of hydrogen-bond acceptors (Lipinski definition) is 4. The van der Waals surface area contributed by atoms with Crippen molar-refractivity contribution >= 4 is 44.0 Å². The third-order valence-corrected chi connectivity index (χ3v) is 4.23. The first kappa shape index (κ1) is 15.0. The fraction of sp³-hybridized carbons (Fsp3) is 0.286. The molecule has 0 atom stereocenters. The van der Waals surface area contributed by atoms with E-state index in [-0.39, 0.29) is 5.91 Å². The first-order valence-electron chi connectivity index (χ1n) is 6.32. The number of amides is 1. The molecule has 20 heavy (non-hydrogen) atoms. The van der Waals surface area contributed by atoms with E-state index in [9.17, 15) is 4.79 Å². The fourth-order valence-electron chi connectivity index (χ4n) is 1.75. The number of carbonyl (C=O) groups is 1. The molecule has 1 amide bonds. The number of nitrogens with zero attached hydrogens (tertiary/aromatic N) is 2. The van der Waals surface area contributed by atoms with Crippen molar-refractivity contribution in [2.75, 3.05) is 16.8 Å². The lowest BCUT2D eigenvalue weighted by Gasteiger charge is -2.14. The van der Waals surface area contributed by atoms with Gasteiger partial charge in [0.05, 0.1) is 12.2 Å². The molecule has 0 aliphatic heterocycles. The minimum atomic E-state index is 0.0225. The highest BCUT2D eigenvalue weighted by Crippen LogP contribution is 2.21. The van der Waals surface area contributed by atoms with Crippen molar-refractivity contribution in [3.8, 4) is 0 Å². The smallest absolute Gasteiger partial charge is 0.225 e. The molecular formula is C14H16BrN3OS. The van der Waals surface area contributed by atoms with Crippen LogP contribution in [0.2, 0.25) is 0 Å². The van der Waals surface area contributed by atoms with Gasteiger partial charge in [0.2, 0.25) is 5.91 Å². The summed E-state index contributed by atoms with van der Waals surface area (Å²) in [4.78, 5) is 17.6. The van der Waals surface area contributed by atoms with E-state index in [1.807, 2.05) is 36.6 Å². The topological polar surface area (TPSA) is 45.2 Å². The van der Waals surface area contributed by atoms with Crippen molar-refractivity contribution in [3.63, 3.8) is 0 Å². The van der Waals surface area contributed by atoms with Crippen LogP contribution in [0.25, 0.3) is 0 Å². The zero-order valence-corrected chi connectivity index (χ0v) is 13.8. The number of carbonyl (C=O) groups excluding carboxylic acids is 1. The molecule has 6 heteroatoms. The minimum absolute atomic E-state index is 0.0225. The molecule has 0 fully saturated rings. The van der Waals surface area contributed by atoms with Crippen molar-refractivity contribution in [2.24, 2.45) is 0 Å². The molecule has 0 saturated heterocycles. The molecule has 0 aliphatic rings. The summed E-state index contributed by atoms with van der Waals surface area (Å²) in [7, 11) is 0. The van der Waals surface area contributed by atoms with Gasteiger partial charge in [0, 0.05) is 29.0 Å². The lowest BCUT2D eigenvalue weighted by molar-refractivity contribution is -0.116. The van der Waals surface area contributed by atoms with Crippen LogP contribution < -0.4 is 10.2 Å². The molecule has 0 unspecified atom stereocenters. The summed E-state index contributed by atoms with van der Waals surface area (Å²) < 4.78 is 1.05. The zero-order valence-electron chi connectivity index (χ0n) is 11.4. The van der Waals surface area contributed by atoms with Gasteiger partial charge in [-0.3, -0.25) is 9.69 Å². The molecular weight excluding hydrogens is 338 g/mol. The molecule has 106 valence electrons. The van der Waals surface area contributed by atoms with Gasteiger partial charge in [-0.25, -0.2) is 4.98 Å². The fourth-order valence-corrected chi connectivity index (χ4v) is 2.95. The number of anilines is 2. The van der Waals surface area contributed by atoms with Gasteiger partial charge in [0.15, 0.2) is 5.13 Å². The van der Waals surface area contributed by atoms with Crippen molar-refractivity contribution in [1.29, 1.82) is 0 Å². The maximum atomic E-state index is 11.5. The number of halogens is 1. The highest BCUT2D eigenvalue weighted by atomic mass is 79.9. The molecule has 1 aromatic carbocycles. The molecule has 0 spiro atoms. The van der Waals surface area contributed by atoms with Gasteiger partial charge in [-0.05, 0) is 31.2 Å². The largest absolute Gasteiger partial charge is 0.379 e. The average molecular weight is 354 g/mol. The monoisotopic (exact) mass is 353 g/mol. The summed E-state index contributed by atoms with van der Waals surface area (Å²) in [6.45, 7) is 4.79. The van der Waals surface area contributed by atoms with E-state index in [0.717, 1.165) is 21.0 Å². The molecule has 1 N–H and O–H groups in total. The summed E-state index contributed by atoms with van der Waals surface area (Å²) in [5, 5.41) is 6.04. The Morgan fingerprint density at radius 3 is 2.70 bits per heavy atom. The quantitative estimate of drug-likeness (QED) is 0.886. The minimum Gasteiger partial charge on any atom is -0.379 e. The van der Waals surface area contributed by atoms with Gasteiger partial charge in [-0.1, -0.05) is 15.9 Å². The second-order valence-corrected chi connectivity index (χ2v) is 6.00. The van der Waals surface area contributed by atoms with Gasteiger partial charge in [-0.15, -0.1) is 11.3 Å². The SMILES string of the molecule is CCN(C(C)=O)c1nc(CNc2ccc(Br)cc2)cs1. The molecule has 1 aromatic heterocycles. The second-order valence-electron chi connectivity index (χ2n) is 4.25. The highest BCUT2D eigenvalue weighted by molar-refractivity contribution is 9.10. The Morgan fingerprint density at radius 1 is 1.40 bits per heavy atom. The van der Waals surface area contributed by atoms with E-state index < -0.39 is 0 Å². The molecule has 2 aromatic rings. The molecule has 0 radical (unpaired) electrons.